The highest BCUT2D eigenvalue weighted by Crippen LogP contribution is 2.18. The number of rotatable bonds is 2. The van der Waals surface area contributed by atoms with Crippen molar-refractivity contribution in [3.8, 4) is 0 Å². The molecule has 0 aliphatic rings. The Hall–Kier alpha value is -1.75. The third-order valence-electron chi connectivity index (χ3n) is 2.38. The molecule has 0 aromatic carbocycles. The summed E-state index contributed by atoms with van der Waals surface area (Å²) >= 11 is 1.41. The van der Waals surface area contributed by atoms with Crippen molar-refractivity contribution in [1.29, 1.82) is 0 Å². The van der Waals surface area contributed by atoms with Crippen molar-refractivity contribution in [3.63, 3.8) is 0 Å². The van der Waals surface area contributed by atoms with Crippen LogP contribution < -0.4 is 5.32 Å². The van der Waals surface area contributed by atoms with Gasteiger partial charge in [-0.05, 0) is 32.9 Å². The van der Waals surface area contributed by atoms with E-state index in [4.69, 9.17) is 0 Å². The first-order valence-corrected chi connectivity index (χ1v) is 6.06. The van der Waals surface area contributed by atoms with Gasteiger partial charge in [0.05, 0.1) is 5.69 Å². The van der Waals surface area contributed by atoms with Crippen LogP contribution in [-0.2, 0) is 0 Å². The highest BCUT2D eigenvalue weighted by atomic mass is 32.1. The molecule has 0 saturated heterocycles. The van der Waals surface area contributed by atoms with Crippen molar-refractivity contribution in [3.05, 3.63) is 39.6 Å². The minimum absolute atomic E-state index is 0.170. The molecule has 2 aromatic heterocycles. The van der Waals surface area contributed by atoms with Crippen LogP contribution in [0.15, 0.2) is 18.3 Å². The van der Waals surface area contributed by atoms with Crippen molar-refractivity contribution in [2.75, 3.05) is 5.32 Å². The fourth-order valence-electron chi connectivity index (χ4n) is 1.38. The van der Waals surface area contributed by atoms with E-state index in [9.17, 15) is 4.79 Å². The van der Waals surface area contributed by atoms with Gasteiger partial charge in [0.2, 0.25) is 0 Å². The smallest absolute Gasteiger partial charge is 0.284 e. The van der Waals surface area contributed by atoms with Gasteiger partial charge < -0.3 is 5.32 Å². The second kappa shape index (κ2) is 4.63. The summed E-state index contributed by atoms with van der Waals surface area (Å²) in [6.45, 7) is 5.74. The monoisotopic (exact) mass is 247 g/mol. The Morgan fingerprint density at radius 3 is 2.71 bits per heavy atom. The maximum atomic E-state index is 11.9. The molecule has 17 heavy (non-hydrogen) atoms. The molecule has 4 nitrogen and oxygen atoms in total. The lowest BCUT2D eigenvalue weighted by Gasteiger charge is -2.02. The fourth-order valence-corrected chi connectivity index (χ4v) is 2.19. The molecule has 88 valence electrons. The zero-order chi connectivity index (χ0) is 12.4. The quantitative estimate of drug-likeness (QED) is 0.887. The minimum atomic E-state index is -0.170. The molecule has 0 saturated carbocycles. The third-order valence-corrected chi connectivity index (χ3v) is 3.45. The molecule has 0 aliphatic carbocycles. The highest BCUT2D eigenvalue weighted by molar-refractivity contribution is 7.13. The Bertz CT molecular complexity index is 543. The number of pyridine rings is 1. The minimum Gasteiger partial charge on any atom is -0.320 e. The molecule has 0 spiro atoms. The van der Waals surface area contributed by atoms with E-state index in [1.165, 1.54) is 11.3 Å². The molecule has 5 heteroatoms. The first-order valence-electron chi connectivity index (χ1n) is 5.24. The van der Waals surface area contributed by atoms with Crippen LogP contribution in [0.2, 0.25) is 0 Å². The number of anilines is 1. The van der Waals surface area contributed by atoms with Gasteiger partial charge in [0.15, 0.2) is 5.01 Å². The van der Waals surface area contributed by atoms with Crippen molar-refractivity contribution < 1.29 is 4.79 Å². The summed E-state index contributed by atoms with van der Waals surface area (Å²) in [5.74, 6) is -0.170. The Labute approximate surface area is 104 Å². The number of aromatic nitrogens is 2. The van der Waals surface area contributed by atoms with E-state index < -0.39 is 0 Å². The van der Waals surface area contributed by atoms with Crippen molar-refractivity contribution >= 4 is 22.9 Å². The largest absolute Gasteiger partial charge is 0.320 e. The van der Waals surface area contributed by atoms with Crippen LogP contribution >= 0.6 is 11.3 Å². The predicted octanol–water partition coefficient (Wildman–Crippen LogP) is 2.72. The molecule has 0 unspecified atom stereocenters. The van der Waals surface area contributed by atoms with Gasteiger partial charge >= 0.3 is 0 Å². The fraction of sp³-hybridized carbons (Fsp3) is 0.250. The molecule has 2 heterocycles. The molecule has 0 fully saturated rings. The van der Waals surface area contributed by atoms with E-state index in [0.717, 1.165) is 22.0 Å². The lowest BCUT2D eigenvalue weighted by atomic mass is 10.3. The van der Waals surface area contributed by atoms with Gasteiger partial charge in [-0.2, -0.15) is 0 Å². The Balaban J connectivity index is 2.17. The third kappa shape index (κ3) is 2.68. The normalized spacial score (nSPS) is 10.3. The lowest BCUT2D eigenvalue weighted by molar-refractivity contribution is 0.102. The van der Waals surface area contributed by atoms with Gasteiger partial charge in [-0.3, -0.25) is 9.78 Å². The molecule has 1 N–H and O–H groups in total. The average molecular weight is 247 g/mol. The molecule has 0 bridgehead atoms. The molecular weight excluding hydrogens is 234 g/mol. The number of nitrogens with one attached hydrogen (secondary N) is 1. The lowest BCUT2D eigenvalue weighted by Crippen LogP contribution is -2.11. The Morgan fingerprint density at radius 1 is 1.35 bits per heavy atom. The molecular formula is C12H13N3OS. The number of hydrogen-bond acceptors (Lipinski definition) is 4. The van der Waals surface area contributed by atoms with E-state index in [2.05, 4.69) is 15.3 Å². The number of nitrogens with zero attached hydrogens (tertiary/aromatic N) is 2. The van der Waals surface area contributed by atoms with Crippen LogP contribution in [0.4, 0.5) is 5.69 Å². The van der Waals surface area contributed by atoms with E-state index in [1.807, 2.05) is 26.8 Å². The second-order valence-corrected chi connectivity index (χ2v) is 5.00. The van der Waals surface area contributed by atoms with Crippen LogP contribution in [0.5, 0.6) is 0 Å². The number of carbonyl (C=O) groups excluding carboxylic acids is 1. The van der Waals surface area contributed by atoms with Gasteiger partial charge in [0.25, 0.3) is 5.91 Å². The summed E-state index contributed by atoms with van der Waals surface area (Å²) in [4.78, 5) is 21.3. The summed E-state index contributed by atoms with van der Waals surface area (Å²) in [6, 6.07) is 3.59. The van der Waals surface area contributed by atoms with E-state index >= 15 is 0 Å². The van der Waals surface area contributed by atoms with Gasteiger partial charge in [0.1, 0.15) is 0 Å². The van der Waals surface area contributed by atoms with Crippen molar-refractivity contribution in [2.45, 2.75) is 20.8 Å². The number of hydrogen-bond donors (Lipinski definition) is 1. The molecule has 1 amide bonds. The SMILES string of the molecule is Cc1cc(NC(=O)c2nc(C)c(C)s2)ccn1. The second-order valence-electron chi connectivity index (χ2n) is 3.80. The van der Waals surface area contributed by atoms with Crippen LogP contribution in [-0.4, -0.2) is 15.9 Å². The van der Waals surface area contributed by atoms with Crippen LogP contribution in [0.1, 0.15) is 26.1 Å². The summed E-state index contributed by atoms with van der Waals surface area (Å²) < 4.78 is 0. The van der Waals surface area contributed by atoms with Crippen molar-refractivity contribution in [2.24, 2.45) is 0 Å². The highest BCUT2D eigenvalue weighted by Gasteiger charge is 2.12. The van der Waals surface area contributed by atoms with E-state index in [-0.39, 0.29) is 5.91 Å². The van der Waals surface area contributed by atoms with E-state index in [1.54, 1.807) is 12.3 Å². The first kappa shape index (κ1) is 11.7. The van der Waals surface area contributed by atoms with Gasteiger partial charge in [-0.25, -0.2) is 4.98 Å². The molecule has 0 aliphatic heterocycles. The first-order chi connectivity index (χ1) is 8.06. The van der Waals surface area contributed by atoms with Crippen LogP contribution in [0, 0.1) is 20.8 Å². The van der Waals surface area contributed by atoms with Crippen LogP contribution in [0.25, 0.3) is 0 Å². The number of aryl methyl sites for hydroxylation is 3. The molecule has 2 aromatic rings. The predicted molar refractivity (Wildman–Crippen MR) is 68.5 cm³/mol. The van der Waals surface area contributed by atoms with Gasteiger partial charge in [0, 0.05) is 22.5 Å². The van der Waals surface area contributed by atoms with Crippen LogP contribution in [0.3, 0.4) is 0 Å². The average Bonchev–Trinajstić information content (AvgIpc) is 2.59. The molecule has 0 atom stereocenters. The zero-order valence-corrected chi connectivity index (χ0v) is 10.8. The Kier molecular flexibility index (Phi) is 3.19. The number of thiazole rings is 1. The maximum absolute atomic E-state index is 11.9. The molecule has 0 radical (unpaired) electrons. The maximum Gasteiger partial charge on any atom is 0.284 e. The summed E-state index contributed by atoms with van der Waals surface area (Å²) in [6.07, 6.45) is 1.67. The summed E-state index contributed by atoms with van der Waals surface area (Å²) in [5.41, 5.74) is 2.52. The summed E-state index contributed by atoms with van der Waals surface area (Å²) in [7, 11) is 0. The zero-order valence-electron chi connectivity index (χ0n) is 9.94. The number of amides is 1. The Morgan fingerprint density at radius 2 is 2.12 bits per heavy atom. The number of carbonyl (C=O) groups is 1. The van der Waals surface area contributed by atoms with Gasteiger partial charge in [-0.1, -0.05) is 0 Å². The van der Waals surface area contributed by atoms with E-state index in [0.29, 0.717) is 5.01 Å². The van der Waals surface area contributed by atoms with Gasteiger partial charge in [-0.15, -0.1) is 11.3 Å². The topological polar surface area (TPSA) is 54.9 Å². The molecule has 2 rings (SSSR count). The summed E-state index contributed by atoms with van der Waals surface area (Å²) in [5, 5.41) is 3.30. The standard InChI is InChI=1S/C12H13N3OS/c1-7-6-10(4-5-13-7)15-11(16)12-14-8(2)9(3)17-12/h4-6H,1-3H3,(H,13,15,16). The van der Waals surface area contributed by atoms with Crippen molar-refractivity contribution in [1.82, 2.24) is 9.97 Å².